The van der Waals surface area contributed by atoms with Gasteiger partial charge >= 0.3 is 6.18 Å². The van der Waals surface area contributed by atoms with Gasteiger partial charge in [0.2, 0.25) is 0 Å². The summed E-state index contributed by atoms with van der Waals surface area (Å²) in [4.78, 5) is 14.8. The Balaban J connectivity index is 1.56. The maximum absolute atomic E-state index is 13.8. The standard InChI is InChI=1S/C23H24F3N5O/c1-30(2)17-10-8-15(9-11-17)13-27-22(32)18-14-28-31-20(23(24,25)26)12-19(29-21(18)31)16-6-4-3-5-7-16/h3-11,14,19-20,29H,12-13H2,1-2H3,(H,27,32). The minimum atomic E-state index is -4.49. The highest BCUT2D eigenvalue weighted by Gasteiger charge is 2.47. The Bertz CT molecular complexity index is 1080. The molecule has 0 fully saturated rings. The van der Waals surface area contributed by atoms with Gasteiger partial charge in [0.15, 0.2) is 6.04 Å². The highest BCUT2D eigenvalue weighted by atomic mass is 19.4. The Morgan fingerprint density at radius 2 is 1.84 bits per heavy atom. The number of carbonyl (C=O) groups is 1. The normalized spacial score (nSPS) is 17.9. The fourth-order valence-electron chi connectivity index (χ4n) is 3.82. The number of fused-ring (bicyclic) bond motifs is 1. The highest BCUT2D eigenvalue weighted by molar-refractivity contribution is 5.98. The molecule has 0 saturated carbocycles. The number of benzene rings is 2. The van der Waals surface area contributed by atoms with Crippen LogP contribution in [0.5, 0.6) is 0 Å². The van der Waals surface area contributed by atoms with Crippen molar-refractivity contribution in [3.05, 3.63) is 77.5 Å². The summed E-state index contributed by atoms with van der Waals surface area (Å²) in [7, 11) is 3.87. The van der Waals surface area contributed by atoms with Crippen LogP contribution in [-0.2, 0) is 6.54 Å². The topological polar surface area (TPSA) is 62.2 Å². The summed E-state index contributed by atoms with van der Waals surface area (Å²) in [6.45, 7) is 0.252. The number of halogens is 3. The number of carbonyl (C=O) groups excluding carboxylic acids is 1. The van der Waals surface area contributed by atoms with E-state index >= 15 is 0 Å². The molecule has 2 aromatic carbocycles. The van der Waals surface area contributed by atoms with Crippen molar-refractivity contribution in [2.24, 2.45) is 0 Å². The van der Waals surface area contributed by atoms with Crippen LogP contribution in [0.4, 0.5) is 24.7 Å². The maximum Gasteiger partial charge on any atom is 0.410 e. The van der Waals surface area contributed by atoms with Crippen LogP contribution >= 0.6 is 0 Å². The van der Waals surface area contributed by atoms with Crippen molar-refractivity contribution in [1.29, 1.82) is 0 Å². The van der Waals surface area contributed by atoms with Gasteiger partial charge in [-0.05, 0) is 23.3 Å². The van der Waals surface area contributed by atoms with Crippen LogP contribution < -0.4 is 15.5 Å². The molecule has 1 amide bonds. The number of alkyl halides is 3. The number of nitrogens with zero attached hydrogens (tertiary/aromatic N) is 3. The van der Waals surface area contributed by atoms with Crippen molar-refractivity contribution in [1.82, 2.24) is 15.1 Å². The lowest BCUT2D eigenvalue weighted by Crippen LogP contribution is -2.36. The van der Waals surface area contributed by atoms with Crippen molar-refractivity contribution in [3.63, 3.8) is 0 Å². The monoisotopic (exact) mass is 443 g/mol. The molecule has 168 valence electrons. The largest absolute Gasteiger partial charge is 0.410 e. The van der Waals surface area contributed by atoms with E-state index in [2.05, 4.69) is 15.7 Å². The molecule has 32 heavy (non-hydrogen) atoms. The third-order valence-electron chi connectivity index (χ3n) is 5.59. The molecule has 0 radical (unpaired) electrons. The number of aromatic nitrogens is 2. The SMILES string of the molecule is CN(C)c1ccc(CNC(=O)c2cnn3c2NC(c2ccccc2)CC3C(F)(F)F)cc1. The van der Waals surface area contributed by atoms with Gasteiger partial charge in [-0.3, -0.25) is 4.79 Å². The number of amides is 1. The lowest BCUT2D eigenvalue weighted by atomic mass is 9.96. The van der Waals surface area contributed by atoms with Crippen LogP contribution in [0.3, 0.4) is 0 Å². The molecule has 6 nitrogen and oxygen atoms in total. The molecule has 1 aliphatic rings. The van der Waals surface area contributed by atoms with Gasteiger partial charge in [-0.15, -0.1) is 0 Å². The van der Waals surface area contributed by atoms with Crippen LogP contribution in [0.15, 0.2) is 60.8 Å². The summed E-state index contributed by atoms with van der Waals surface area (Å²) in [6.07, 6.45) is -3.50. The third-order valence-corrected chi connectivity index (χ3v) is 5.59. The molecule has 2 atom stereocenters. The van der Waals surface area contributed by atoms with Gasteiger partial charge in [0.25, 0.3) is 5.91 Å². The zero-order valence-electron chi connectivity index (χ0n) is 17.7. The van der Waals surface area contributed by atoms with Gasteiger partial charge in [-0.25, -0.2) is 4.68 Å². The lowest BCUT2D eigenvalue weighted by Gasteiger charge is -2.34. The number of rotatable bonds is 5. The van der Waals surface area contributed by atoms with Gasteiger partial charge in [0.1, 0.15) is 11.4 Å². The van der Waals surface area contributed by atoms with Gasteiger partial charge in [0.05, 0.1) is 12.2 Å². The summed E-state index contributed by atoms with van der Waals surface area (Å²) < 4.78 is 42.2. The average molecular weight is 443 g/mol. The number of nitrogens with one attached hydrogen (secondary N) is 2. The zero-order chi connectivity index (χ0) is 22.9. The summed E-state index contributed by atoms with van der Waals surface area (Å²) in [5.74, 6) is -0.405. The van der Waals surface area contributed by atoms with E-state index in [0.717, 1.165) is 21.5 Å². The lowest BCUT2D eigenvalue weighted by molar-refractivity contribution is -0.173. The second-order valence-electron chi connectivity index (χ2n) is 8.00. The Morgan fingerprint density at radius 1 is 1.16 bits per heavy atom. The smallest absolute Gasteiger partial charge is 0.378 e. The summed E-state index contributed by atoms with van der Waals surface area (Å²) >= 11 is 0. The summed E-state index contributed by atoms with van der Waals surface area (Å²) in [5.41, 5.74) is 2.72. The Labute approximate surface area is 184 Å². The second-order valence-corrected chi connectivity index (χ2v) is 8.00. The molecule has 0 aliphatic carbocycles. The van der Waals surface area contributed by atoms with E-state index in [0.29, 0.717) is 0 Å². The van der Waals surface area contributed by atoms with Gasteiger partial charge < -0.3 is 15.5 Å². The number of hydrogen-bond donors (Lipinski definition) is 2. The molecule has 3 aromatic rings. The quantitative estimate of drug-likeness (QED) is 0.608. The van der Waals surface area contributed by atoms with E-state index in [1.807, 2.05) is 49.3 Å². The predicted octanol–water partition coefficient (Wildman–Crippen LogP) is 4.54. The van der Waals surface area contributed by atoms with E-state index in [1.54, 1.807) is 24.3 Å². The Morgan fingerprint density at radius 3 is 2.47 bits per heavy atom. The van der Waals surface area contributed by atoms with Crippen LogP contribution in [0, 0.1) is 0 Å². The second kappa shape index (κ2) is 8.57. The first kappa shape index (κ1) is 21.7. The molecule has 0 bridgehead atoms. The van der Waals surface area contributed by atoms with E-state index < -0.39 is 24.2 Å². The molecule has 9 heteroatoms. The van der Waals surface area contributed by atoms with Crippen LogP contribution in [-0.4, -0.2) is 36.0 Å². The van der Waals surface area contributed by atoms with Crippen LogP contribution in [0.1, 0.15) is 40.0 Å². The van der Waals surface area contributed by atoms with E-state index in [9.17, 15) is 18.0 Å². The van der Waals surface area contributed by atoms with E-state index in [4.69, 9.17) is 0 Å². The number of anilines is 2. The summed E-state index contributed by atoms with van der Waals surface area (Å²) in [5, 5.41) is 9.79. The Hall–Kier alpha value is -3.49. The first-order valence-corrected chi connectivity index (χ1v) is 10.2. The fraction of sp³-hybridized carbons (Fsp3) is 0.304. The van der Waals surface area contributed by atoms with E-state index in [1.165, 1.54) is 6.20 Å². The highest BCUT2D eigenvalue weighted by Crippen LogP contribution is 2.44. The fourth-order valence-corrected chi connectivity index (χ4v) is 3.82. The molecule has 1 aliphatic heterocycles. The van der Waals surface area contributed by atoms with E-state index in [-0.39, 0.29) is 24.3 Å². The van der Waals surface area contributed by atoms with Crippen LogP contribution in [0.25, 0.3) is 0 Å². The van der Waals surface area contributed by atoms with Gasteiger partial charge in [-0.1, -0.05) is 42.5 Å². The molecule has 2 heterocycles. The van der Waals surface area contributed by atoms with Crippen molar-refractivity contribution in [3.8, 4) is 0 Å². The molecule has 1 aromatic heterocycles. The predicted molar refractivity (Wildman–Crippen MR) is 117 cm³/mol. The van der Waals surface area contributed by atoms with Gasteiger partial charge in [-0.2, -0.15) is 18.3 Å². The molecule has 4 rings (SSSR count). The maximum atomic E-state index is 13.8. The van der Waals surface area contributed by atoms with Crippen molar-refractivity contribution in [2.45, 2.75) is 31.2 Å². The minimum Gasteiger partial charge on any atom is -0.378 e. The summed E-state index contributed by atoms with van der Waals surface area (Å²) in [6, 6.07) is 14.2. The van der Waals surface area contributed by atoms with Crippen molar-refractivity contribution < 1.29 is 18.0 Å². The zero-order valence-corrected chi connectivity index (χ0v) is 17.7. The molecule has 0 spiro atoms. The number of hydrogen-bond acceptors (Lipinski definition) is 4. The molecular formula is C23H24F3N5O. The first-order chi connectivity index (χ1) is 15.2. The molecule has 2 N–H and O–H groups in total. The van der Waals surface area contributed by atoms with Crippen LogP contribution in [0.2, 0.25) is 0 Å². The molecule has 0 saturated heterocycles. The minimum absolute atomic E-state index is 0.0767. The first-order valence-electron chi connectivity index (χ1n) is 10.2. The Kier molecular flexibility index (Phi) is 5.82. The third kappa shape index (κ3) is 4.42. The molecular weight excluding hydrogens is 419 g/mol. The average Bonchev–Trinajstić information content (AvgIpc) is 3.21. The van der Waals surface area contributed by atoms with Crippen molar-refractivity contribution in [2.75, 3.05) is 24.3 Å². The van der Waals surface area contributed by atoms with Crippen molar-refractivity contribution >= 4 is 17.4 Å². The molecule has 2 unspecified atom stereocenters. The van der Waals surface area contributed by atoms with Gasteiger partial charge in [0, 0.05) is 32.7 Å².